The van der Waals surface area contributed by atoms with Crippen molar-refractivity contribution in [2.24, 2.45) is 0 Å². The first-order valence-corrected chi connectivity index (χ1v) is 8.86. The van der Waals surface area contributed by atoms with Gasteiger partial charge in [0.2, 0.25) is 0 Å². The van der Waals surface area contributed by atoms with Crippen LogP contribution < -0.4 is 20.1 Å². The summed E-state index contributed by atoms with van der Waals surface area (Å²) < 4.78 is 18.1. The maximum absolute atomic E-state index is 12.3. The fraction of sp³-hybridized carbons (Fsp3) is 0.350. The number of para-hydroxylation sites is 2. The van der Waals surface area contributed by atoms with Gasteiger partial charge in [0.25, 0.3) is 0 Å². The highest BCUT2D eigenvalue weighted by atomic mass is 16.5. The molecule has 0 radical (unpaired) electrons. The minimum absolute atomic E-state index is 0.251. The summed E-state index contributed by atoms with van der Waals surface area (Å²) in [5.41, 5.74) is 2.60. The van der Waals surface area contributed by atoms with Crippen LogP contribution in [0.4, 0.5) is 0 Å². The van der Waals surface area contributed by atoms with Gasteiger partial charge in [-0.25, -0.2) is 9.36 Å². The maximum Gasteiger partial charge on any atom is 0.424 e. The van der Waals surface area contributed by atoms with Crippen molar-refractivity contribution >= 4 is 11.1 Å². The number of aromatic nitrogens is 1. The molecule has 0 amide bonds. The fourth-order valence-electron chi connectivity index (χ4n) is 3.95. The standard InChI is InChI=1S/C20H22N2O4/c1-24-14-9-10-18(25-2)15(12-14)16-7-5-11-21(16)13-22-17-6-3-4-8-19(17)26-20(22)23/h3-4,6,8-10,12,16H,5,7,11,13H2,1-2H3/p+1/t16-/m1/s1. The van der Waals surface area contributed by atoms with Crippen molar-refractivity contribution in [3.63, 3.8) is 0 Å². The number of nitrogens with one attached hydrogen (secondary N) is 1. The molecule has 1 N–H and O–H groups in total. The monoisotopic (exact) mass is 355 g/mol. The molecule has 0 spiro atoms. The third-order valence-electron chi connectivity index (χ3n) is 5.23. The van der Waals surface area contributed by atoms with Crippen molar-refractivity contribution in [1.82, 2.24) is 4.57 Å². The highest BCUT2D eigenvalue weighted by Crippen LogP contribution is 2.31. The van der Waals surface area contributed by atoms with Crippen molar-refractivity contribution < 1.29 is 18.8 Å². The van der Waals surface area contributed by atoms with E-state index in [4.69, 9.17) is 13.9 Å². The zero-order valence-electron chi connectivity index (χ0n) is 15.0. The minimum atomic E-state index is -0.304. The lowest BCUT2D eigenvalue weighted by molar-refractivity contribution is -0.940. The number of benzene rings is 2. The van der Waals surface area contributed by atoms with Crippen LogP contribution in [-0.2, 0) is 6.67 Å². The predicted octanol–water partition coefficient (Wildman–Crippen LogP) is 1.99. The Labute approximate surface area is 151 Å². The van der Waals surface area contributed by atoms with Crippen molar-refractivity contribution in [2.45, 2.75) is 25.6 Å². The summed E-state index contributed by atoms with van der Waals surface area (Å²) in [5, 5.41) is 0. The van der Waals surface area contributed by atoms with Gasteiger partial charge in [-0.05, 0) is 30.3 Å². The molecule has 1 aromatic heterocycles. The molecule has 2 aromatic carbocycles. The van der Waals surface area contributed by atoms with E-state index >= 15 is 0 Å². The van der Waals surface area contributed by atoms with Gasteiger partial charge in [0, 0.05) is 12.8 Å². The number of likely N-dealkylation sites (tertiary alicyclic amines) is 1. The third-order valence-corrected chi connectivity index (χ3v) is 5.23. The van der Waals surface area contributed by atoms with E-state index in [2.05, 4.69) is 0 Å². The van der Waals surface area contributed by atoms with E-state index in [1.807, 2.05) is 42.5 Å². The summed E-state index contributed by atoms with van der Waals surface area (Å²) in [7, 11) is 3.36. The van der Waals surface area contributed by atoms with E-state index < -0.39 is 0 Å². The van der Waals surface area contributed by atoms with Crippen LogP contribution in [0.1, 0.15) is 24.4 Å². The van der Waals surface area contributed by atoms with Gasteiger partial charge in [0.1, 0.15) is 17.5 Å². The molecule has 6 heteroatoms. The number of ether oxygens (including phenoxy) is 2. The Bertz CT molecular complexity index is 975. The zero-order chi connectivity index (χ0) is 18.1. The molecule has 3 aromatic rings. The van der Waals surface area contributed by atoms with Crippen molar-refractivity contribution in [2.75, 3.05) is 20.8 Å². The molecule has 0 aliphatic carbocycles. The number of rotatable bonds is 5. The first kappa shape index (κ1) is 16.7. The third kappa shape index (κ3) is 2.86. The smallest absolute Gasteiger partial charge is 0.424 e. The molecule has 6 nitrogen and oxygen atoms in total. The molecule has 4 rings (SSSR count). The highest BCUT2D eigenvalue weighted by Gasteiger charge is 2.33. The Morgan fingerprint density at radius 1 is 1.19 bits per heavy atom. The molecule has 1 saturated heterocycles. The summed E-state index contributed by atoms with van der Waals surface area (Å²) in [4.78, 5) is 13.7. The Kier molecular flexibility index (Phi) is 4.42. The average Bonchev–Trinajstić information content (AvgIpc) is 3.26. The van der Waals surface area contributed by atoms with Crippen LogP contribution in [-0.4, -0.2) is 25.3 Å². The Morgan fingerprint density at radius 3 is 2.85 bits per heavy atom. The van der Waals surface area contributed by atoms with Crippen LogP contribution >= 0.6 is 0 Å². The Balaban J connectivity index is 1.69. The Morgan fingerprint density at radius 2 is 2.04 bits per heavy atom. The number of nitrogens with zero attached hydrogens (tertiary/aromatic N) is 1. The van der Waals surface area contributed by atoms with Crippen molar-refractivity contribution in [3.8, 4) is 11.5 Å². The summed E-state index contributed by atoms with van der Waals surface area (Å²) in [5.74, 6) is 1.37. The lowest BCUT2D eigenvalue weighted by atomic mass is 10.0. The number of hydrogen-bond donors (Lipinski definition) is 1. The highest BCUT2D eigenvalue weighted by molar-refractivity contribution is 5.72. The molecule has 2 atom stereocenters. The SMILES string of the molecule is COc1ccc(OC)c([C@H]2CCC[NH+]2Cn2c(=O)oc3ccccc32)c1. The molecular formula is C20H23N2O4+. The molecule has 1 unspecified atom stereocenters. The molecule has 1 fully saturated rings. The number of quaternary nitrogens is 1. The van der Waals surface area contributed by atoms with Crippen LogP contribution in [0.2, 0.25) is 0 Å². The van der Waals surface area contributed by atoms with Crippen LogP contribution in [0.15, 0.2) is 51.7 Å². The van der Waals surface area contributed by atoms with E-state index in [0.717, 1.165) is 42.0 Å². The first-order valence-electron chi connectivity index (χ1n) is 8.86. The second kappa shape index (κ2) is 6.88. The van der Waals surface area contributed by atoms with Gasteiger partial charge in [-0.2, -0.15) is 0 Å². The summed E-state index contributed by atoms with van der Waals surface area (Å²) in [6.07, 6.45) is 2.15. The van der Waals surface area contributed by atoms with E-state index in [0.29, 0.717) is 12.3 Å². The van der Waals surface area contributed by atoms with Gasteiger partial charge in [-0.3, -0.25) is 0 Å². The fourth-order valence-corrected chi connectivity index (χ4v) is 3.95. The molecule has 0 saturated carbocycles. The van der Waals surface area contributed by atoms with Gasteiger partial charge in [0.05, 0.1) is 31.8 Å². The van der Waals surface area contributed by atoms with Crippen LogP contribution in [0.3, 0.4) is 0 Å². The van der Waals surface area contributed by atoms with Crippen LogP contribution in [0.5, 0.6) is 11.5 Å². The van der Waals surface area contributed by atoms with E-state index in [9.17, 15) is 4.79 Å². The summed E-state index contributed by atoms with van der Waals surface area (Å²) >= 11 is 0. The molecule has 0 bridgehead atoms. The average molecular weight is 355 g/mol. The molecule has 26 heavy (non-hydrogen) atoms. The number of methoxy groups -OCH3 is 2. The molecule has 1 aliphatic rings. The normalized spacial score (nSPS) is 19.8. The van der Waals surface area contributed by atoms with E-state index in [1.165, 1.54) is 4.90 Å². The number of hydrogen-bond acceptors (Lipinski definition) is 4. The van der Waals surface area contributed by atoms with E-state index in [1.54, 1.807) is 18.8 Å². The lowest BCUT2D eigenvalue weighted by Crippen LogP contribution is -3.09. The van der Waals surface area contributed by atoms with E-state index in [-0.39, 0.29) is 11.8 Å². The largest absolute Gasteiger partial charge is 0.497 e. The topological polar surface area (TPSA) is 58.0 Å². The second-order valence-electron chi connectivity index (χ2n) is 6.63. The summed E-state index contributed by atoms with van der Waals surface area (Å²) in [6.45, 7) is 1.57. The van der Waals surface area contributed by atoms with Gasteiger partial charge < -0.3 is 18.8 Å². The van der Waals surface area contributed by atoms with Gasteiger partial charge in [-0.15, -0.1) is 0 Å². The molecule has 2 heterocycles. The molecular weight excluding hydrogens is 332 g/mol. The van der Waals surface area contributed by atoms with Crippen LogP contribution in [0, 0.1) is 0 Å². The minimum Gasteiger partial charge on any atom is -0.497 e. The molecule has 136 valence electrons. The zero-order valence-corrected chi connectivity index (χ0v) is 15.0. The van der Waals surface area contributed by atoms with Gasteiger partial charge in [-0.1, -0.05) is 12.1 Å². The first-order chi connectivity index (χ1) is 12.7. The number of oxazole rings is 1. The second-order valence-corrected chi connectivity index (χ2v) is 6.63. The number of fused-ring (bicyclic) bond motifs is 1. The quantitative estimate of drug-likeness (QED) is 0.760. The van der Waals surface area contributed by atoms with Crippen molar-refractivity contribution in [1.29, 1.82) is 0 Å². The van der Waals surface area contributed by atoms with Crippen LogP contribution in [0.25, 0.3) is 11.1 Å². The van der Waals surface area contributed by atoms with Gasteiger partial charge >= 0.3 is 5.76 Å². The van der Waals surface area contributed by atoms with Gasteiger partial charge in [0.15, 0.2) is 12.3 Å². The summed E-state index contributed by atoms with van der Waals surface area (Å²) in [6, 6.07) is 13.7. The maximum atomic E-state index is 12.3. The predicted molar refractivity (Wildman–Crippen MR) is 97.8 cm³/mol. The Hall–Kier alpha value is -2.73. The molecule has 1 aliphatic heterocycles. The van der Waals surface area contributed by atoms with Crippen molar-refractivity contribution in [3.05, 3.63) is 58.6 Å². The lowest BCUT2D eigenvalue weighted by Gasteiger charge is -2.23.